The minimum Gasteiger partial charge on any atom is -0.379 e. The lowest BCUT2D eigenvalue weighted by Gasteiger charge is -2.19. The topological polar surface area (TPSA) is 69.0 Å². The number of carbonyl (C=O) groups is 1. The molecule has 0 bridgehead atoms. The lowest BCUT2D eigenvalue weighted by atomic mass is 9.95. The Kier molecular flexibility index (Phi) is 5.02. The molecule has 23 heavy (non-hydrogen) atoms. The number of aryl methyl sites for hydroxylation is 2. The summed E-state index contributed by atoms with van der Waals surface area (Å²) >= 11 is 0. The molecule has 0 aliphatic carbocycles. The zero-order valence-corrected chi connectivity index (χ0v) is 13.3. The summed E-state index contributed by atoms with van der Waals surface area (Å²) in [5.74, 6) is 1.31. The van der Waals surface area contributed by atoms with E-state index in [0.29, 0.717) is 32.1 Å². The molecule has 3 rings (SSSR count). The second kappa shape index (κ2) is 7.37. The summed E-state index contributed by atoms with van der Waals surface area (Å²) in [7, 11) is 0. The van der Waals surface area contributed by atoms with Crippen molar-refractivity contribution in [3.05, 3.63) is 48.3 Å². The van der Waals surface area contributed by atoms with Crippen LogP contribution in [0.4, 0.5) is 0 Å². The molecule has 6 heteroatoms. The quantitative estimate of drug-likeness (QED) is 0.874. The van der Waals surface area contributed by atoms with E-state index in [1.807, 2.05) is 29.8 Å². The van der Waals surface area contributed by atoms with Crippen molar-refractivity contribution in [3.8, 4) is 0 Å². The van der Waals surface area contributed by atoms with Crippen LogP contribution in [0.3, 0.4) is 0 Å². The molecule has 122 valence electrons. The predicted molar refractivity (Wildman–Crippen MR) is 85.8 cm³/mol. The van der Waals surface area contributed by atoms with E-state index in [1.54, 1.807) is 18.6 Å². The van der Waals surface area contributed by atoms with Crippen LogP contribution in [0.25, 0.3) is 0 Å². The maximum absolute atomic E-state index is 12.2. The normalized spacial score (nSPS) is 20.6. The summed E-state index contributed by atoms with van der Waals surface area (Å²) in [6.45, 7) is 3.87. The van der Waals surface area contributed by atoms with Crippen molar-refractivity contribution in [2.24, 2.45) is 5.92 Å². The van der Waals surface area contributed by atoms with Gasteiger partial charge in [-0.2, -0.15) is 0 Å². The van der Waals surface area contributed by atoms with Crippen molar-refractivity contribution in [2.45, 2.75) is 32.4 Å². The van der Waals surface area contributed by atoms with Gasteiger partial charge < -0.3 is 14.6 Å². The summed E-state index contributed by atoms with van der Waals surface area (Å²) in [6, 6.07) is 4.11. The zero-order chi connectivity index (χ0) is 16.1. The molecule has 6 nitrogen and oxygen atoms in total. The number of rotatable bonds is 6. The van der Waals surface area contributed by atoms with E-state index in [-0.39, 0.29) is 11.9 Å². The van der Waals surface area contributed by atoms with Gasteiger partial charge in [0.2, 0.25) is 5.91 Å². The highest BCUT2D eigenvalue weighted by Gasteiger charge is 2.29. The van der Waals surface area contributed by atoms with Crippen LogP contribution in [0.1, 0.15) is 17.8 Å². The first-order valence-corrected chi connectivity index (χ1v) is 7.96. The number of imidazole rings is 1. The molecule has 0 aromatic carbocycles. The van der Waals surface area contributed by atoms with Gasteiger partial charge in [0.1, 0.15) is 5.82 Å². The van der Waals surface area contributed by atoms with Gasteiger partial charge >= 0.3 is 0 Å². The van der Waals surface area contributed by atoms with E-state index in [0.717, 1.165) is 12.2 Å². The van der Waals surface area contributed by atoms with E-state index in [2.05, 4.69) is 15.3 Å². The molecule has 1 N–H and O–H groups in total. The Labute approximate surface area is 135 Å². The maximum atomic E-state index is 12.2. The SMILES string of the molecule is Cc1nccn1CCC(=O)N[C@@H]1COC[C@H]1Cc1ccncc1. The van der Waals surface area contributed by atoms with Gasteiger partial charge in [0.15, 0.2) is 0 Å². The maximum Gasteiger partial charge on any atom is 0.222 e. The molecule has 0 saturated carbocycles. The highest BCUT2D eigenvalue weighted by atomic mass is 16.5. The minimum absolute atomic E-state index is 0.0633. The number of hydrogen-bond donors (Lipinski definition) is 1. The summed E-state index contributed by atoms with van der Waals surface area (Å²) in [5, 5.41) is 3.12. The molecule has 0 unspecified atom stereocenters. The number of hydrogen-bond acceptors (Lipinski definition) is 4. The Hall–Kier alpha value is -2.21. The average molecular weight is 314 g/mol. The third-order valence-corrected chi connectivity index (χ3v) is 4.30. The minimum atomic E-state index is 0.0633. The standard InChI is InChI=1S/C17H22N4O2/c1-13-19-7-9-21(13)8-4-17(22)20-16-12-23-11-15(16)10-14-2-5-18-6-3-14/h2-3,5-7,9,15-16H,4,8,10-12H2,1H3,(H,20,22)/t15-,16-/m1/s1. The van der Waals surface area contributed by atoms with Crippen LogP contribution >= 0.6 is 0 Å². The van der Waals surface area contributed by atoms with Crippen molar-refractivity contribution >= 4 is 5.91 Å². The van der Waals surface area contributed by atoms with Crippen molar-refractivity contribution in [2.75, 3.05) is 13.2 Å². The summed E-state index contributed by atoms with van der Waals surface area (Å²) in [4.78, 5) is 20.4. The van der Waals surface area contributed by atoms with E-state index in [9.17, 15) is 4.79 Å². The van der Waals surface area contributed by atoms with Gasteiger partial charge in [-0.3, -0.25) is 9.78 Å². The third-order valence-electron chi connectivity index (χ3n) is 4.30. The first kappa shape index (κ1) is 15.7. The Bertz CT molecular complexity index is 641. The molecule has 1 amide bonds. The fraction of sp³-hybridized carbons (Fsp3) is 0.471. The number of ether oxygens (including phenoxy) is 1. The number of aromatic nitrogens is 3. The van der Waals surface area contributed by atoms with Gasteiger partial charge in [0, 0.05) is 43.7 Å². The highest BCUT2D eigenvalue weighted by molar-refractivity contribution is 5.76. The van der Waals surface area contributed by atoms with Crippen LogP contribution in [0, 0.1) is 12.8 Å². The first-order valence-electron chi connectivity index (χ1n) is 7.96. The Balaban J connectivity index is 1.50. The predicted octanol–water partition coefficient (Wildman–Crippen LogP) is 1.35. The molecule has 2 aromatic heterocycles. The second-order valence-electron chi connectivity index (χ2n) is 5.95. The van der Waals surface area contributed by atoms with Crippen molar-refractivity contribution in [1.82, 2.24) is 19.9 Å². The third kappa shape index (κ3) is 4.16. The van der Waals surface area contributed by atoms with Crippen molar-refractivity contribution in [3.63, 3.8) is 0 Å². The number of nitrogens with one attached hydrogen (secondary N) is 1. The average Bonchev–Trinajstić information content (AvgIpc) is 3.16. The van der Waals surface area contributed by atoms with E-state index >= 15 is 0 Å². The molecular weight excluding hydrogens is 292 g/mol. The van der Waals surface area contributed by atoms with Crippen LogP contribution < -0.4 is 5.32 Å². The fourth-order valence-corrected chi connectivity index (χ4v) is 2.92. The lowest BCUT2D eigenvalue weighted by molar-refractivity contribution is -0.122. The second-order valence-corrected chi connectivity index (χ2v) is 5.95. The van der Waals surface area contributed by atoms with E-state index in [4.69, 9.17) is 4.74 Å². The van der Waals surface area contributed by atoms with Crippen LogP contribution in [0.2, 0.25) is 0 Å². The van der Waals surface area contributed by atoms with Crippen LogP contribution in [0.5, 0.6) is 0 Å². The Morgan fingerprint density at radius 2 is 2.17 bits per heavy atom. The Morgan fingerprint density at radius 3 is 2.91 bits per heavy atom. The van der Waals surface area contributed by atoms with E-state index in [1.165, 1.54) is 5.56 Å². The molecule has 1 fully saturated rings. The summed E-state index contributed by atoms with van der Waals surface area (Å²) in [5.41, 5.74) is 1.23. The van der Waals surface area contributed by atoms with Crippen LogP contribution in [-0.2, 0) is 22.5 Å². The van der Waals surface area contributed by atoms with Gasteiger partial charge in [-0.05, 0) is 31.0 Å². The van der Waals surface area contributed by atoms with Gasteiger partial charge in [-0.1, -0.05) is 0 Å². The lowest BCUT2D eigenvalue weighted by Crippen LogP contribution is -2.40. The largest absolute Gasteiger partial charge is 0.379 e. The van der Waals surface area contributed by atoms with Gasteiger partial charge in [-0.25, -0.2) is 4.98 Å². The first-order chi connectivity index (χ1) is 11.2. The molecule has 0 radical (unpaired) electrons. The van der Waals surface area contributed by atoms with Gasteiger partial charge in [0.05, 0.1) is 19.3 Å². The van der Waals surface area contributed by atoms with Gasteiger partial charge in [-0.15, -0.1) is 0 Å². The molecule has 2 atom stereocenters. The van der Waals surface area contributed by atoms with Crippen LogP contribution in [0.15, 0.2) is 36.9 Å². The summed E-state index contributed by atoms with van der Waals surface area (Å²) < 4.78 is 7.55. The number of carbonyl (C=O) groups excluding carboxylic acids is 1. The highest BCUT2D eigenvalue weighted by Crippen LogP contribution is 2.19. The van der Waals surface area contributed by atoms with E-state index < -0.39 is 0 Å². The summed E-state index contributed by atoms with van der Waals surface area (Å²) in [6.07, 6.45) is 8.60. The van der Waals surface area contributed by atoms with Crippen molar-refractivity contribution < 1.29 is 9.53 Å². The fourth-order valence-electron chi connectivity index (χ4n) is 2.92. The molecule has 0 spiro atoms. The molecule has 1 aliphatic heterocycles. The molecule has 2 aromatic rings. The number of pyridine rings is 1. The van der Waals surface area contributed by atoms with Crippen LogP contribution in [-0.4, -0.2) is 39.7 Å². The zero-order valence-electron chi connectivity index (χ0n) is 13.3. The Morgan fingerprint density at radius 1 is 1.35 bits per heavy atom. The smallest absolute Gasteiger partial charge is 0.222 e. The number of amides is 1. The number of nitrogens with zero attached hydrogens (tertiary/aromatic N) is 3. The van der Waals surface area contributed by atoms with Crippen molar-refractivity contribution in [1.29, 1.82) is 0 Å². The molecule has 1 saturated heterocycles. The monoisotopic (exact) mass is 314 g/mol. The molecule has 3 heterocycles. The molecular formula is C17H22N4O2. The van der Waals surface area contributed by atoms with Gasteiger partial charge in [0.25, 0.3) is 0 Å². The molecule has 1 aliphatic rings.